The van der Waals surface area contributed by atoms with Crippen molar-refractivity contribution in [3.05, 3.63) is 54.6 Å². The first kappa shape index (κ1) is 17.8. The standard InChI is InChI=1S/C21H21FN6O/c1-27-7-5-18(17(22)12-27)26-21(29)16-11-25-28-8-4-13(9-19(16)28)15-10-24-20-14(15)3-2-6-23-20/h2-4,6,8-11,17-18H,5,7,12H2,1H3,(H,23,24)(H,26,29)/t17-,18-/m1/s1. The molecule has 7 nitrogen and oxygen atoms in total. The largest absolute Gasteiger partial charge is 0.346 e. The number of aromatic amines is 1. The molecule has 29 heavy (non-hydrogen) atoms. The van der Waals surface area contributed by atoms with Gasteiger partial charge >= 0.3 is 0 Å². The van der Waals surface area contributed by atoms with Crippen molar-refractivity contribution in [3.8, 4) is 11.1 Å². The van der Waals surface area contributed by atoms with E-state index in [2.05, 4.69) is 20.4 Å². The van der Waals surface area contributed by atoms with Gasteiger partial charge in [0.25, 0.3) is 5.91 Å². The van der Waals surface area contributed by atoms with Crippen molar-refractivity contribution >= 4 is 22.5 Å². The summed E-state index contributed by atoms with van der Waals surface area (Å²) < 4.78 is 16.0. The van der Waals surface area contributed by atoms with Crippen LogP contribution in [0.1, 0.15) is 16.8 Å². The minimum atomic E-state index is -1.08. The molecule has 5 heterocycles. The number of nitrogens with one attached hydrogen (secondary N) is 2. The summed E-state index contributed by atoms with van der Waals surface area (Å²) in [5.41, 5.74) is 3.89. The normalized spacial score (nSPS) is 20.3. The zero-order valence-electron chi connectivity index (χ0n) is 16.0. The number of aromatic nitrogens is 4. The van der Waals surface area contributed by atoms with Gasteiger partial charge in [-0.25, -0.2) is 13.9 Å². The third kappa shape index (κ3) is 3.15. The zero-order chi connectivity index (χ0) is 20.0. The summed E-state index contributed by atoms with van der Waals surface area (Å²) in [6, 6.07) is 7.30. The second-order valence-corrected chi connectivity index (χ2v) is 7.55. The first-order valence-electron chi connectivity index (χ1n) is 9.63. The SMILES string of the molecule is CN1CC[C@@H](NC(=O)c2cnn3ccc(-c4c[nH]c5ncccc45)cc23)[C@H](F)C1. The number of carbonyl (C=O) groups excluding carboxylic acids is 1. The highest BCUT2D eigenvalue weighted by Crippen LogP contribution is 2.29. The molecular formula is C21H21FN6O. The minimum Gasteiger partial charge on any atom is -0.346 e. The summed E-state index contributed by atoms with van der Waals surface area (Å²) in [6.45, 7) is 1.09. The van der Waals surface area contributed by atoms with Crippen molar-refractivity contribution in [2.24, 2.45) is 0 Å². The van der Waals surface area contributed by atoms with E-state index in [1.54, 1.807) is 10.7 Å². The van der Waals surface area contributed by atoms with Crippen molar-refractivity contribution < 1.29 is 9.18 Å². The number of amides is 1. The van der Waals surface area contributed by atoms with E-state index >= 15 is 0 Å². The zero-order valence-corrected chi connectivity index (χ0v) is 16.0. The highest BCUT2D eigenvalue weighted by molar-refractivity contribution is 6.02. The number of halogens is 1. The van der Waals surface area contributed by atoms with Crippen LogP contribution in [0.2, 0.25) is 0 Å². The summed E-state index contributed by atoms with van der Waals surface area (Å²) in [7, 11) is 1.89. The maximum absolute atomic E-state index is 14.3. The Morgan fingerprint density at radius 1 is 1.38 bits per heavy atom. The van der Waals surface area contributed by atoms with E-state index in [0.717, 1.165) is 28.7 Å². The third-order valence-electron chi connectivity index (χ3n) is 5.59. The molecule has 0 unspecified atom stereocenters. The van der Waals surface area contributed by atoms with Crippen LogP contribution in [0.4, 0.5) is 4.39 Å². The van der Waals surface area contributed by atoms with Crippen LogP contribution in [0.5, 0.6) is 0 Å². The number of hydrogen-bond acceptors (Lipinski definition) is 4. The number of fused-ring (bicyclic) bond motifs is 2. The van der Waals surface area contributed by atoms with E-state index in [1.165, 1.54) is 6.20 Å². The quantitative estimate of drug-likeness (QED) is 0.562. The first-order chi connectivity index (χ1) is 14.1. The van der Waals surface area contributed by atoms with Gasteiger partial charge < -0.3 is 15.2 Å². The van der Waals surface area contributed by atoms with Gasteiger partial charge in [-0.1, -0.05) is 0 Å². The van der Waals surface area contributed by atoms with Crippen LogP contribution in [0.25, 0.3) is 27.7 Å². The van der Waals surface area contributed by atoms with Crippen LogP contribution >= 0.6 is 0 Å². The number of H-pyrrole nitrogens is 1. The summed E-state index contributed by atoms with van der Waals surface area (Å²) in [4.78, 5) is 22.3. The Balaban J connectivity index is 1.48. The van der Waals surface area contributed by atoms with Gasteiger partial charge in [-0.15, -0.1) is 0 Å². The number of carbonyl (C=O) groups is 1. The van der Waals surface area contributed by atoms with Crippen LogP contribution < -0.4 is 5.32 Å². The highest BCUT2D eigenvalue weighted by Gasteiger charge is 2.29. The van der Waals surface area contributed by atoms with Gasteiger partial charge in [0.1, 0.15) is 11.8 Å². The summed E-state index contributed by atoms with van der Waals surface area (Å²) >= 11 is 0. The van der Waals surface area contributed by atoms with Gasteiger partial charge in [0.05, 0.1) is 23.3 Å². The Kier molecular flexibility index (Phi) is 4.28. The van der Waals surface area contributed by atoms with Crippen molar-refractivity contribution in [2.75, 3.05) is 20.1 Å². The van der Waals surface area contributed by atoms with Crippen LogP contribution in [0.3, 0.4) is 0 Å². The molecule has 0 bridgehead atoms. The number of likely N-dealkylation sites (tertiary alicyclic amines) is 1. The molecule has 2 N–H and O–H groups in total. The van der Waals surface area contributed by atoms with E-state index in [-0.39, 0.29) is 5.91 Å². The molecule has 0 saturated carbocycles. The average Bonchev–Trinajstić information content (AvgIpc) is 3.33. The number of alkyl halides is 1. The van der Waals surface area contributed by atoms with Gasteiger partial charge in [-0.05, 0) is 43.3 Å². The van der Waals surface area contributed by atoms with E-state index in [9.17, 15) is 9.18 Å². The molecule has 1 saturated heterocycles. The molecule has 1 fully saturated rings. The Hall–Kier alpha value is -3.26. The smallest absolute Gasteiger partial charge is 0.255 e. The molecule has 1 aliphatic rings. The first-order valence-corrected chi connectivity index (χ1v) is 9.63. The van der Waals surface area contributed by atoms with Crippen LogP contribution in [0, 0.1) is 0 Å². The van der Waals surface area contributed by atoms with Crippen molar-refractivity contribution in [2.45, 2.75) is 18.6 Å². The molecule has 8 heteroatoms. The van der Waals surface area contributed by atoms with Crippen molar-refractivity contribution in [3.63, 3.8) is 0 Å². The predicted molar refractivity (Wildman–Crippen MR) is 109 cm³/mol. The second-order valence-electron chi connectivity index (χ2n) is 7.55. The van der Waals surface area contributed by atoms with Gasteiger partial charge in [-0.2, -0.15) is 5.10 Å². The van der Waals surface area contributed by atoms with E-state index < -0.39 is 12.2 Å². The molecule has 1 amide bonds. The maximum atomic E-state index is 14.3. The minimum absolute atomic E-state index is 0.296. The van der Waals surface area contributed by atoms with Crippen molar-refractivity contribution in [1.29, 1.82) is 0 Å². The Morgan fingerprint density at radius 3 is 3.14 bits per heavy atom. The summed E-state index contributed by atoms with van der Waals surface area (Å²) in [6.07, 6.45) is 6.53. The van der Waals surface area contributed by atoms with Crippen molar-refractivity contribution in [1.82, 2.24) is 29.8 Å². The lowest BCUT2D eigenvalue weighted by molar-refractivity contribution is 0.0823. The lowest BCUT2D eigenvalue weighted by Gasteiger charge is -2.32. The topological polar surface area (TPSA) is 78.3 Å². The fraction of sp³-hybridized carbons (Fsp3) is 0.286. The van der Waals surface area contributed by atoms with E-state index in [0.29, 0.717) is 24.0 Å². The van der Waals surface area contributed by atoms with E-state index in [4.69, 9.17) is 0 Å². The predicted octanol–water partition coefficient (Wildman–Crippen LogP) is 2.65. The Morgan fingerprint density at radius 2 is 2.28 bits per heavy atom. The second kappa shape index (κ2) is 6.97. The van der Waals surface area contributed by atoms with Gasteiger partial charge in [-0.3, -0.25) is 4.79 Å². The maximum Gasteiger partial charge on any atom is 0.255 e. The third-order valence-corrected chi connectivity index (χ3v) is 5.59. The fourth-order valence-electron chi connectivity index (χ4n) is 3.98. The number of nitrogens with zero attached hydrogens (tertiary/aromatic N) is 4. The number of rotatable bonds is 3. The fourth-order valence-corrected chi connectivity index (χ4v) is 3.98. The molecule has 1 aliphatic heterocycles. The Bertz CT molecular complexity index is 1200. The molecule has 0 radical (unpaired) electrons. The molecule has 4 aromatic rings. The Labute approximate surface area is 166 Å². The molecular weight excluding hydrogens is 371 g/mol. The molecule has 0 aliphatic carbocycles. The molecule has 2 atom stereocenters. The van der Waals surface area contributed by atoms with E-state index in [1.807, 2.05) is 48.6 Å². The van der Waals surface area contributed by atoms with Crippen LogP contribution in [0.15, 0.2) is 49.1 Å². The summed E-state index contributed by atoms with van der Waals surface area (Å²) in [5, 5.41) is 8.15. The highest BCUT2D eigenvalue weighted by atomic mass is 19.1. The molecule has 148 valence electrons. The molecule has 4 aromatic heterocycles. The van der Waals surface area contributed by atoms with Gasteiger partial charge in [0, 0.05) is 42.6 Å². The van der Waals surface area contributed by atoms with Gasteiger partial charge in [0.2, 0.25) is 0 Å². The number of hydrogen-bond donors (Lipinski definition) is 2. The van der Waals surface area contributed by atoms with Gasteiger partial charge in [0.15, 0.2) is 0 Å². The number of pyridine rings is 2. The van der Waals surface area contributed by atoms with Crippen LogP contribution in [-0.4, -0.2) is 62.7 Å². The average molecular weight is 392 g/mol. The lowest BCUT2D eigenvalue weighted by atomic mass is 10.0. The van der Waals surface area contributed by atoms with Crippen LogP contribution in [-0.2, 0) is 0 Å². The molecule has 0 aromatic carbocycles. The number of piperidine rings is 1. The molecule has 5 rings (SSSR count). The monoisotopic (exact) mass is 392 g/mol. The lowest BCUT2D eigenvalue weighted by Crippen LogP contribution is -2.51. The molecule has 0 spiro atoms. The summed E-state index contributed by atoms with van der Waals surface area (Å²) in [5.74, 6) is -0.296.